The average molecular weight is 196 g/mol. The maximum atomic E-state index is 10.6. The summed E-state index contributed by atoms with van der Waals surface area (Å²) in [6.07, 6.45) is 1.28. The third kappa shape index (κ3) is 1.90. The van der Waals surface area contributed by atoms with E-state index in [2.05, 4.69) is 10.3 Å². The summed E-state index contributed by atoms with van der Waals surface area (Å²) in [4.78, 5) is 0. The molecule has 0 aliphatic heterocycles. The second kappa shape index (κ2) is 2.78. The molecule has 62 valence electrons. The molecule has 0 fully saturated rings. The van der Waals surface area contributed by atoms with Gasteiger partial charge in [0.15, 0.2) is 0 Å². The van der Waals surface area contributed by atoms with Crippen LogP contribution in [0, 0.1) is 0 Å². The molecule has 0 atom stereocenters. The van der Waals surface area contributed by atoms with Crippen molar-refractivity contribution in [2.24, 2.45) is 0 Å². The van der Waals surface area contributed by atoms with Gasteiger partial charge in [0.05, 0.1) is 6.20 Å². The summed E-state index contributed by atoms with van der Waals surface area (Å²) in [6.45, 7) is 2.39. The van der Waals surface area contributed by atoms with Gasteiger partial charge in [-0.3, -0.25) is 4.68 Å². The number of rotatable bonds is 2. The molecular weight excluding hydrogens is 190 g/mol. The summed E-state index contributed by atoms with van der Waals surface area (Å²) in [7, 11) is 1.27. The van der Waals surface area contributed by atoms with Gasteiger partial charge in [0, 0.05) is 17.2 Å². The summed E-state index contributed by atoms with van der Waals surface area (Å²) < 4.78 is 22.6. The fourth-order valence-corrected chi connectivity index (χ4v) is 1.14. The monoisotopic (exact) mass is 195 g/mol. The Morgan fingerprint density at radius 1 is 1.73 bits per heavy atom. The minimum Gasteiger partial charge on any atom is -0.251 e. The topological polar surface area (TPSA) is 64.8 Å². The zero-order valence-electron chi connectivity index (χ0n) is 5.73. The molecule has 0 unspecified atom stereocenters. The Kier molecular flexibility index (Phi) is 2.15. The molecule has 0 amide bonds. The molecule has 0 radical (unpaired) electrons. The zero-order valence-corrected chi connectivity index (χ0v) is 7.30. The van der Waals surface area contributed by atoms with E-state index in [0.29, 0.717) is 6.54 Å². The smallest absolute Gasteiger partial charge is 0.251 e. The third-order valence-corrected chi connectivity index (χ3v) is 2.25. The highest BCUT2D eigenvalue weighted by molar-refractivity contribution is 8.13. The summed E-state index contributed by atoms with van der Waals surface area (Å²) in [5.74, 6) is 0. The standard InChI is InChI=1S/C4H6ClN3O2S/c1-2-8-3-4(6-7-8)11(5,9)10/h3H,2H2,1H3. The van der Waals surface area contributed by atoms with Gasteiger partial charge in [-0.25, -0.2) is 8.42 Å². The summed E-state index contributed by atoms with van der Waals surface area (Å²) in [5.41, 5.74) is 0. The molecule has 1 rings (SSSR count). The van der Waals surface area contributed by atoms with Gasteiger partial charge in [0.2, 0.25) is 5.03 Å². The van der Waals surface area contributed by atoms with Crippen molar-refractivity contribution in [3.05, 3.63) is 6.20 Å². The average Bonchev–Trinajstić information content (AvgIpc) is 2.32. The van der Waals surface area contributed by atoms with Crippen LogP contribution < -0.4 is 0 Å². The highest BCUT2D eigenvalue weighted by Crippen LogP contribution is 2.09. The first-order chi connectivity index (χ1) is 5.04. The minimum atomic E-state index is -3.71. The Hall–Kier alpha value is -0.620. The quantitative estimate of drug-likeness (QED) is 0.634. The molecule has 0 aliphatic carbocycles. The number of halogens is 1. The van der Waals surface area contributed by atoms with Crippen LogP contribution in [-0.2, 0) is 15.6 Å². The van der Waals surface area contributed by atoms with Crippen LogP contribution in [0.5, 0.6) is 0 Å². The highest BCUT2D eigenvalue weighted by Gasteiger charge is 2.13. The highest BCUT2D eigenvalue weighted by atomic mass is 35.7. The molecule has 0 N–H and O–H groups in total. The van der Waals surface area contributed by atoms with Gasteiger partial charge in [-0.15, -0.1) is 5.10 Å². The van der Waals surface area contributed by atoms with Gasteiger partial charge in [0.1, 0.15) is 0 Å². The maximum absolute atomic E-state index is 10.6. The SMILES string of the molecule is CCn1cc(S(=O)(=O)Cl)nn1. The summed E-state index contributed by atoms with van der Waals surface area (Å²) >= 11 is 0. The molecule has 0 saturated carbocycles. The van der Waals surface area contributed by atoms with Crippen LogP contribution in [0.15, 0.2) is 11.2 Å². The van der Waals surface area contributed by atoms with Crippen LogP contribution in [0.25, 0.3) is 0 Å². The molecule has 1 aromatic rings. The van der Waals surface area contributed by atoms with E-state index in [9.17, 15) is 8.42 Å². The minimum absolute atomic E-state index is 0.207. The first kappa shape index (κ1) is 8.48. The number of nitrogens with zero attached hydrogens (tertiary/aromatic N) is 3. The summed E-state index contributed by atoms with van der Waals surface area (Å²) in [6, 6.07) is 0. The van der Waals surface area contributed by atoms with Crippen molar-refractivity contribution < 1.29 is 8.42 Å². The van der Waals surface area contributed by atoms with Gasteiger partial charge in [-0.2, -0.15) is 0 Å². The molecule has 7 heteroatoms. The lowest BCUT2D eigenvalue weighted by Gasteiger charge is -1.86. The van der Waals surface area contributed by atoms with Gasteiger partial charge in [-0.05, 0) is 6.92 Å². The van der Waals surface area contributed by atoms with Gasteiger partial charge in [-0.1, -0.05) is 5.21 Å². The molecule has 0 aromatic carbocycles. The van der Waals surface area contributed by atoms with Crippen molar-refractivity contribution >= 4 is 19.7 Å². The Bertz CT molecular complexity index is 344. The molecule has 1 heterocycles. The molecule has 0 saturated heterocycles. The Morgan fingerprint density at radius 3 is 2.64 bits per heavy atom. The van der Waals surface area contributed by atoms with Crippen LogP contribution in [0.3, 0.4) is 0 Å². The number of hydrogen-bond acceptors (Lipinski definition) is 4. The first-order valence-electron chi connectivity index (χ1n) is 2.89. The predicted octanol–water partition coefficient (Wildman–Crippen LogP) is 0.225. The lowest BCUT2D eigenvalue weighted by atomic mass is 10.7. The Morgan fingerprint density at radius 2 is 2.36 bits per heavy atom. The van der Waals surface area contributed by atoms with E-state index in [1.807, 2.05) is 6.92 Å². The van der Waals surface area contributed by atoms with E-state index in [4.69, 9.17) is 10.7 Å². The van der Waals surface area contributed by atoms with Crippen LogP contribution in [0.2, 0.25) is 0 Å². The van der Waals surface area contributed by atoms with Crippen molar-refractivity contribution in [2.75, 3.05) is 0 Å². The molecule has 0 bridgehead atoms. The van der Waals surface area contributed by atoms with Crippen LogP contribution in [-0.4, -0.2) is 23.4 Å². The Labute approximate surface area is 68.4 Å². The molecule has 5 nitrogen and oxygen atoms in total. The van der Waals surface area contributed by atoms with Crippen molar-refractivity contribution in [1.82, 2.24) is 15.0 Å². The van der Waals surface area contributed by atoms with Crippen molar-refractivity contribution in [1.29, 1.82) is 0 Å². The van der Waals surface area contributed by atoms with E-state index >= 15 is 0 Å². The number of aromatic nitrogens is 3. The normalized spacial score (nSPS) is 11.8. The molecule has 0 spiro atoms. The van der Waals surface area contributed by atoms with Crippen LogP contribution in [0.1, 0.15) is 6.92 Å². The first-order valence-corrected chi connectivity index (χ1v) is 5.19. The number of hydrogen-bond donors (Lipinski definition) is 0. The van der Waals surface area contributed by atoms with Crippen LogP contribution in [0.4, 0.5) is 0 Å². The molecular formula is C4H6ClN3O2S. The van der Waals surface area contributed by atoms with Crippen molar-refractivity contribution in [3.63, 3.8) is 0 Å². The van der Waals surface area contributed by atoms with Gasteiger partial charge >= 0.3 is 0 Å². The zero-order chi connectivity index (χ0) is 8.48. The molecule has 11 heavy (non-hydrogen) atoms. The van der Waals surface area contributed by atoms with E-state index in [1.54, 1.807) is 0 Å². The lowest BCUT2D eigenvalue weighted by Crippen LogP contribution is -1.93. The third-order valence-electron chi connectivity index (χ3n) is 1.09. The summed E-state index contributed by atoms with van der Waals surface area (Å²) in [5, 5.41) is 6.65. The fourth-order valence-electron chi connectivity index (χ4n) is 0.547. The van der Waals surface area contributed by atoms with E-state index < -0.39 is 9.05 Å². The fraction of sp³-hybridized carbons (Fsp3) is 0.500. The maximum Gasteiger partial charge on any atom is 0.282 e. The largest absolute Gasteiger partial charge is 0.282 e. The predicted molar refractivity (Wildman–Crippen MR) is 38.7 cm³/mol. The van der Waals surface area contributed by atoms with E-state index in [-0.39, 0.29) is 5.03 Å². The van der Waals surface area contributed by atoms with Crippen molar-refractivity contribution in [3.8, 4) is 0 Å². The van der Waals surface area contributed by atoms with Gasteiger partial charge < -0.3 is 0 Å². The lowest BCUT2D eigenvalue weighted by molar-refractivity contribution is 0.605. The van der Waals surface area contributed by atoms with Crippen LogP contribution >= 0.6 is 10.7 Å². The second-order valence-electron chi connectivity index (χ2n) is 1.85. The number of aryl methyl sites for hydroxylation is 1. The van der Waals surface area contributed by atoms with E-state index in [1.165, 1.54) is 10.9 Å². The second-order valence-corrected chi connectivity index (χ2v) is 4.36. The Balaban J connectivity index is 3.09. The molecule has 1 aromatic heterocycles. The van der Waals surface area contributed by atoms with Gasteiger partial charge in [0.25, 0.3) is 9.05 Å². The molecule has 0 aliphatic rings. The van der Waals surface area contributed by atoms with Crippen molar-refractivity contribution in [2.45, 2.75) is 18.5 Å². The van der Waals surface area contributed by atoms with E-state index in [0.717, 1.165) is 0 Å².